The summed E-state index contributed by atoms with van der Waals surface area (Å²) in [5, 5.41) is 9.32. The summed E-state index contributed by atoms with van der Waals surface area (Å²) < 4.78 is 67.4. The standard InChI is InChI=1S/C24H30F3N3O5S/c1-35-16-15-30-13-11-23(12-14-30,22(31)29-32)36(33,34)20-7-5-19(6-8-20)21-9-4-18(17-28-21)3-2-10-24(25,26)27/h4-9,17,32H,2-3,10-16H2,1H3,(H,29,31). The van der Waals surface area contributed by atoms with E-state index in [2.05, 4.69) is 4.98 Å². The quantitative estimate of drug-likeness (QED) is 0.359. The van der Waals surface area contributed by atoms with Crippen LogP contribution in [0.15, 0.2) is 47.5 Å². The number of methoxy groups -OCH3 is 1. The summed E-state index contributed by atoms with van der Waals surface area (Å²) in [7, 11) is -2.58. The number of hydroxylamine groups is 1. The molecule has 1 aromatic carbocycles. The second-order valence-corrected chi connectivity index (χ2v) is 11.1. The molecule has 0 bridgehead atoms. The van der Waals surface area contributed by atoms with E-state index < -0.39 is 33.1 Å². The lowest BCUT2D eigenvalue weighted by Crippen LogP contribution is -2.58. The molecule has 36 heavy (non-hydrogen) atoms. The predicted octanol–water partition coefficient (Wildman–Crippen LogP) is 3.39. The van der Waals surface area contributed by atoms with Gasteiger partial charge < -0.3 is 9.64 Å². The van der Waals surface area contributed by atoms with Gasteiger partial charge >= 0.3 is 6.18 Å². The maximum Gasteiger partial charge on any atom is 0.389 e. The Labute approximate surface area is 208 Å². The molecule has 1 saturated heterocycles. The molecule has 0 aliphatic carbocycles. The molecule has 1 aromatic heterocycles. The Kier molecular flexibility index (Phi) is 9.09. The summed E-state index contributed by atoms with van der Waals surface area (Å²) >= 11 is 0. The van der Waals surface area contributed by atoms with Gasteiger partial charge in [0.05, 0.1) is 17.2 Å². The molecule has 1 aliphatic heterocycles. The van der Waals surface area contributed by atoms with Crippen molar-refractivity contribution in [3.63, 3.8) is 0 Å². The van der Waals surface area contributed by atoms with Gasteiger partial charge in [-0.3, -0.25) is 15.0 Å². The number of aromatic nitrogens is 1. The van der Waals surface area contributed by atoms with Gasteiger partial charge in [0.1, 0.15) is 0 Å². The Morgan fingerprint density at radius 3 is 2.36 bits per heavy atom. The third-order valence-electron chi connectivity index (χ3n) is 6.52. The van der Waals surface area contributed by atoms with E-state index in [1.807, 2.05) is 4.90 Å². The highest BCUT2D eigenvalue weighted by molar-refractivity contribution is 7.93. The number of aryl methyl sites for hydroxylation is 1. The van der Waals surface area contributed by atoms with Gasteiger partial charge in [0.2, 0.25) is 0 Å². The van der Waals surface area contributed by atoms with E-state index in [0.717, 1.165) is 0 Å². The molecule has 0 atom stereocenters. The molecule has 3 rings (SSSR count). The lowest BCUT2D eigenvalue weighted by Gasteiger charge is -2.39. The number of carbonyl (C=O) groups excluding carboxylic acids is 1. The maximum absolute atomic E-state index is 13.6. The Balaban J connectivity index is 1.75. The number of nitrogens with zero attached hydrogens (tertiary/aromatic N) is 2. The number of rotatable bonds is 10. The first-order chi connectivity index (χ1) is 17.0. The first kappa shape index (κ1) is 28.0. The van der Waals surface area contributed by atoms with Crippen LogP contribution in [0.5, 0.6) is 0 Å². The predicted molar refractivity (Wildman–Crippen MR) is 126 cm³/mol. The van der Waals surface area contributed by atoms with E-state index in [0.29, 0.717) is 43.1 Å². The van der Waals surface area contributed by atoms with Crippen LogP contribution >= 0.6 is 0 Å². The normalized spacial score (nSPS) is 16.6. The number of sulfone groups is 1. The fraction of sp³-hybridized carbons (Fsp3) is 0.500. The molecular weight excluding hydrogens is 499 g/mol. The van der Waals surface area contributed by atoms with Crippen LogP contribution in [0.4, 0.5) is 13.2 Å². The summed E-state index contributed by atoms with van der Waals surface area (Å²) in [5.74, 6) is -0.958. The molecule has 1 aliphatic rings. The summed E-state index contributed by atoms with van der Waals surface area (Å²) in [5.41, 5.74) is 3.37. The van der Waals surface area contributed by atoms with Crippen LogP contribution in [0.25, 0.3) is 11.3 Å². The van der Waals surface area contributed by atoms with Gasteiger partial charge in [0.15, 0.2) is 14.6 Å². The molecule has 1 fully saturated rings. The molecule has 198 valence electrons. The average molecular weight is 530 g/mol. The Bertz CT molecular complexity index is 1120. The van der Waals surface area contributed by atoms with Crippen molar-refractivity contribution in [2.75, 3.05) is 33.4 Å². The van der Waals surface area contributed by atoms with Crippen molar-refractivity contribution in [1.29, 1.82) is 0 Å². The first-order valence-corrected chi connectivity index (χ1v) is 13.0. The number of halogens is 3. The Morgan fingerprint density at radius 1 is 1.17 bits per heavy atom. The molecule has 0 spiro atoms. The number of ether oxygens (including phenoxy) is 1. The molecule has 0 saturated carbocycles. The van der Waals surface area contributed by atoms with Crippen LogP contribution in [0.1, 0.15) is 31.2 Å². The van der Waals surface area contributed by atoms with E-state index in [1.54, 1.807) is 36.9 Å². The number of amides is 1. The fourth-order valence-electron chi connectivity index (χ4n) is 4.34. The van der Waals surface area contributed by atoms with Crippen LogP contribution in [-0.4, -0.2) is 73.7 Å². The second kappa shape index (κ2) is 11.7. The van der Waals surface area contributed by atoms with Crippen molar-refractivity contribution >= 4 is 15.7 Å². The highest BCUT2D eigenvalue weighted by Crippen LogP contribution is 2.36. The third-order valence-corrected chi connectivity index (χ3v) is 9.03. The smallest absolute Gasteiger partial charge is 0.383 e. The van der Waals surface area contributed by atoms with Gasteiger partial charge in [0.25, 0.3) is 5.91 Å². The van der Waals surface area contributed by atoms with Gasteiger partial charge in [-0.15, -0.1) is 0 Å². The van der Waals surface area contributed by atoms with Crippen LogP contribution in [-0.2, 0) is 25.8 Å². The largest absolute Gasteiger partial charge is 0.389 e. The zero-order valence-corrected chi connectivity index (χ0v) is 20.7. The van der Waals surface area contributed by atoms with E-state index >= 15 is 0 Å². The summed E-state index contributed by atoms with van der Waals surface area (Å²) in [4.78, 5) is 18.9. The molecule has 1 amide bonds. The minimum Gasteiger partial charge on any atom is -0.383 e. The summed E-state index contributed by atoms with van der Waals surface area (Å²) in [6, 6.07) is 9.29. The van der Waals surface area contributed by atoms with E-state index in [9.17, 15) is 31.6 Å². The second-order valence-electron chi connectivity index (χ2n) is 8.82. The highest BCUT2D eigenvalue weighted by Gasteiger charge is 2.52. The molecule has 2 aromatic rings. The van der Waals surface area contributed by atoms with Gasteiger partial charge in [-0.05, 0) is 49.4 Å². The van der Waals surface area contributed by atoms with Crippen LogP contribution in [0.2, 0.25) is 0 Å². The third kappa shape index (κ3) is 6.41. The van der Waals surface area contributed by atoms with E-state index in [1.165, 1.54) is 18.3 Å². The number of nitrogens with one attached hydrogen (secondary N) is 1. The van der Waals surface area contributed by atoms with Gasteiger partial charge in [0, 0.05) is 44.9 Å². The first-order valence-electron chi connectivity index (χ1n) is 11.5. The summed E-state index contributed by atoms with van der Waals surface area (Å²) in [6.45, 7) is 1.80. The van der Waals surface area contributed by atoms with Crippen molar-refractivity contribution in [3.05, 3.63) is 48.2 Å². The topological polar surface area (TPSA) is 109 Å². The number of hydrogen-bond donors (Lipinski definition) is 2. The molecular formula is C24H30F3N3O5S. The maximum atomic E-state index is 13.6. The zero-order chi connectivity index (χ0) is 26.4. The molecule has 0 radical (unpaired) electrons. The van der Waals surface area contributed by atoms with Crippen molar-refractivity contribution in [3.8, 4) is 11.3 Å². The summed E-state index contributed by atoms with van der Waals surface area (Å²) in [6.07, 6.45) is -3.27. The number of piperidine rings is 1. The van der Waals surface area contributed by atoms with Crippen molar-refractivity contribution in [2.24, 2.45) is 0 Å². The molecule has 2 heterocycles. The minimum absolute atomic E-state index is 0.0184. The highest BCUT2D eigenvalue weighted by atomic mass is 32.2. The SMILES string of the molecule is COCCN1CCC(C(=O)NO)(S(=O)(=O)c2ccc(-c3ccc(CCCC(F)(F)F)cn3)cc2)CC1. The Hall–Kier alpha value is -2.54. The van der Waals surface area contributed by atoms with Crippen molar-refractivity contribution in [1.82, 2.24) is 15.4 Å². The Morgan fingerprint density at radius 2 is 1.83 bits per heavy atom. The van der Waals surface area contributed by atoms with Crippen LogP contribution in [0, 0.1) is 0 Å². The van der Waals surface area contributed by atoms with Crippen molar-refractivity contribution < 1.29 is 36.3 Å². The number of carbonyl (C=O) groups is 1. The van der Waals surface area contributed by atoms with Gasteiger partial charge in [-0.1, -0.05) is 18.2 Å². The number of alkyl halides is 3. The number of hydrogen-bond acceptors (Lipinski definition) is 7. The zero-order valence-electron chi connectivity index (χ0n) is 19.9. The lowest BCUT2D eigenvalue weighted by atomic mass is 9.95. The van der Waals surface area contributed by atoms with Crippen LogP contribution < -0.4 is 5.48 Å². The van der Waals surface area contributed by atoms with Gasteiger partial charge in [-0.25, -0.2) is 13.9 Å². The number of benzene rings is 1. The molecule has 12 heteroatoms. The molecule has 0 unspecified atom stereocenters. The van der Waals surface area contributed by atoms with Crippen molar-refractivity contribution in [2.45, 2.75) is 47.9 Å². The van der Waals surface area contributed by atoms with Crippen LogP contribution in [0.3, 0.4) is 0 Å². The van der Waals surface area contributed by atoms with E-state index in [4.69, 9.17) is 4.74 Å². The number of likely N-dealkylation sites (tertiary alicyclic amines) is 1. The van der Waals surface area contributed by atoms with E-state index in [-0.39, 0.29) is 30.6 Å². The monoisotopic (exact) mass is 529 g/mol. The lowest BCUT2D eigenvalue weighted by molar-refractivity contribution is -0.135. The average Bonchev–Trinajstić information content (AvgIpc) is 2.87. The molecule has 2 N–H and O–H groups in total. The minimum atomic E-state index is -4.19. The number of pyridine rings is 1. The molecule has 8 nitrogen and oxygen atoms in total. The van der Waals surface area contributed by atoms with Gasteiger partial charge in [-0.2, -0.15) is 13.2 Å². The fourth-order valence-corrected chi connectivity index (χ4v) is 6.30.